The molecule has 0 aliphatic heterocycles. The Morgan fingerprint density at radius 3 is 2.50 bits per heavy atom. The normalized spacial score (nSPS) is 10.6. The lowest BCUT2D eigenvalue weighted by Gasteiger charge is -2.01. The van der Waals surface area contributed by atoms with E-state index in [0.717, 1.165) is 6.42 Å². The van der Waals surface area contributed by atoms with Crippen LogP contribution >= 0.6 is 0 Å². The molecule has 1 N–H and O–H groups in total. The van der Waals surface area contributed by atoms with Gasteiger partial charge >= 0.3 is 5.69 Å². The van der Waals surface area contributed by atoms with Crippen LogP contribution in [0.4, 0.5) is 0 Å². The zero-order chi connectivity index (χ0) is 11.5. The monoisotopic (exact) mass is 218 g/mol. The van der Waals surface area contributed by atoms with Crippen LogP contribution in [0.2, 0.25) is 0 Å². The van der Waals surface area contributed by atoms with Crippen LogP contribution in [0.15, 0.2) is 41.3 Å². The van der Waals surface area contributed by atoms with E-state index in [1.807, 2.05) is 30.3 Å². The predicted molar refractivity (Wildman–Crippen MR) is 61.5 cm³/mol. The topological polar surface area (TPSA) is 47.2 Å². The molecule has 0 fully saturated rings. The van der Waals surface area contributed by atoms with E-state index in [2.05, 4.69) is 0 Å². The van der Waals surface area contributed by atoms with Gasteiger partial charge in [0.25, 0.3) is 0 Å². The highest BCUT2D eigenvalue weighted by atomic mass is 16.3. The number of hydrogen-bond donors (Lipinski definition) is 1. The molecular formula is C12H14N2O2. The Bertz CT molecular complexity index is 526. The summed E-state index contributed by atoms with van der Waals surface area (Å²) >= 11 is 0. The van der Waals surface area contributed by atoms with Crippen molar-refractivity contribution in [1.82, 2.24) is 9.13 Å². The minimum atomic E-state index is -0.187. The van der Waals surface area contributed by atoms with Crippen LogP contribution in [0, 0.1) is 0 Å². The molecule has 2 aromatic rings. The summed E-state index contributed by atoms with van der Waals surface area (Å²) in [5.74, 6) is -0.00179. The Kier molecular flexibility index (Phi) is 2.81. The molecular weight excluding hydrogens is 204 g/mol. The molecule has 0 unspecified atom stereocenters. The van der Waals surface area contributed by atoms with E-state index >= 15 is 0 Å². The third-order valence-corrected chi connectivity index (χ3v) is 2.63. The first-order valence-electron chi connectivity index (χ1n) is 5.17. The van der Waals surface area contributed by atoms with Gasteiger partial charge in [-0.25, -0.2) is 4.79 Å². The third kappa shape index (κ3) is 2.00. The van der Waals surface area contributed by atoms with Crippen molar-refractivity contribution >= 4 is 0 Å². The van der Waals surface area contributed by atoms with E-state index in [1.54, 1.807) is 7.05 Å². The molecule has 4 heteroatoms. The average molecular weight is 218 g/mol. The van der Waals surface area contributed by atoms with Crippen LogP contribution in [0.5, 0.6) is 5.88 Å². The fraction of sp³-hybridized carbons (Fsp3) is 0.250. The van der Waals surface area contributed by atoms with Crippen LogP contribution in [0.25, 0.3) is 0 Å². The average Bonchev–Trinajstić information content (AvgIpc) is 2.56. The Morgan fingerprint density at radius 2 is 1.94 bits per heavy atom. The van der Waals surface area contributed by atoms with E-state index in [-0.39, 0.29) is 11.6 Å². The van der Waals surface area contributed by atoms with Crippen molar-refractivity contribution in [3.05, 3.63) is 52.6 Å². The predicted octanol–water partition coefficient (Wildman–Crippen LogP) is 1.14. The highest BCUT2D eigenvalue weighted by Gasteiger charge is 2.05. The molecule has 0 saturated heterocycles. The number of hydrogen-bond acceptors (Lipinski definition) is 2. The summed E-state index contributed by atoms with van der Waals surface area (Å²) in [4.78, 5) is 11.6. The standard InChI is InChI=1S/C12H14N2O2/c1-13-11(15)9-14(12(13)16)8-7-10-5-3-2-4-6-10/h2-6,9,15H,7-8H2,1H3. The molecule has 0 aliphatic rings. The largest absolute Gasteiger partial charge is 0.493 e. The SMILES string of the molecule is Cn1c(O)cn(CCc2ccccc2)c1=O. The number of aryl methyl sites for hydroxylation is 2. The van der Waals surface area contributed by atoms with Crippen molar-refractivity contribution in [3.63, 3.8) is 0 Å². The van der Waals surface area contributed by atoms with Gasteiger partial charge in [-0.3, -0.25) is 9.13 Å². The summed E-state index contributed by atoms with van der Waals surface area (Å²) < 4.78 is 2.74. The smallest absolute Gasteiger partial charge is 0.330 e. The summed E-state index contributed by atoms with van der Waals surface area (Å²) in [6.07, 6.45) is 2.25. The van der Waals surface area contributed by atoms with Gasteiger partial charge in [0.05, 0.1) is 6.20 Å². The first-order chi connectivity index (χ1) is 7.68. The van der Waals surface area contributed by atoms with Gasteiger partial charge in [0.1, 0.15) is 0 Å². The molecule has 1 aromatic carbocycles. The van der Waals surface area contributed by atoms with Crippen LogP contribution < -0.4 is 5.69 Å². The van der Waals surface area contributed by atoms with Gasteiger partial charge in [0.2, 0.25) is 5.88 Å². The Hall–Kier alpha value is -1.97. The van der Waals surface area contributed by atoms with Gasteiger partial charge < -0.3 is 5.11 Å². The number of nitrogens with zero attached hydrogens (tertiary/aromatic N) is 2. The first-order valence-corrected chi connectivity index (χ1v) is 5.17. The summed E-state index contributed by atoms with van der Waals surface area (Å²) in [5.41, 5.74) is 0.992. The number of benzene rings is 1. The number of aromatic hydroxyl groups is 1. The summed E-state index contributed by atoms with van der Waals surface area (Å²) in [7, 11) is 1.55. The molecule has 0 amide bonds. The van der Waals surface area contributed by atoms with Gasteiger partial charge in [-0.1, -0.05) is 30.3 Å². The van der Waals surface area contributed by atoms with E-state index in [1.165, 1.54) is 20.9 Å². The molecule has 0 radical (unpaired) electrons. The maximum Gasteiger partial charge on any atom is 0.330 e. The van der Waals surface area contributed by atoms with Crippen LogP contribution in [0.1, 0.15) is 5.56 Å². The quantitative estimate of drug-likeness (QED) is 0.839. The lowest BCUT2D eigenvalue weighted by atomic mass is 10.1. The lowest BCUT2D eigenvalue weighted by molar-refractivity contribution is 0.429. The van der Waals surface area contributed by atoms with Gasteiger partial charge in [-0.2, -0.15) is 0 Å². The second-order valence-corrected chi connectivity index (χ2v) is 3.76. The Balaban J connectivity index is 2.11. The molecule has 0 aliphatic carbocycles. The molecule has 0 atom stereocenters. The van der Waals surface area contributed by atoms with Crippen molar-refractivity contribution in [2.24, 2.45) is 7.05 Å². The third-order valence-electron chi connectivity index (χ3n) is 2.63. The first kappa shape index (κ1) is 10.5. The van der Waals surface area contributed by atoms with Crippen molar-refractivity contribution in [2.45, 2.75) is 13.0 Å². The fourth-order valence-corrected chi connectivity index (χ4v) is 1.63. The van der Waals surface area contributed by atoms with E-state index in [9.17, 15) is 9.90 Å². The number of aromatic nitrogens is 2. The van der Waals surface area contributed by atoms with Crippen molar-refractivity contribution in [2.75, 3.05) is 0 Å². The highest BCUT2D eigenvalue weighted by molar-refractivity contribution is 5.15. The summed E-state index contributed by atoms with van der Waals surface area (Å²) in [6.45, 7) is 0.581. The zero-order valence-electron chi connectivity index (χ0n) is 9.13. The molecule has 4 nitrogen and oxygen atoms in total. The molecule has 0 saturated carbocycles. The van der Waals surface area contributed by atoms with E-state index < -0.39 is 0 Å². The molecule has 84 valence electrons. The van der Waals surface area contributed by atoms with Crippen molar-refractivity contribution in [3.8, 4) is 5.88 Å². The second kappa shape index (κ2) is 4.26. The number of imidazole rings is 1. The maximum absolute atomic E-state index is 11.6. The van der Waals surface area contributed by atoms with Crippen molar-refractivity contribution < 1.29 is 5.11 Å². The van der Waals surface area contributed by atoms with Gasteiger partial charge in [0.15, 0.2) is 0 Å². The minimum absolute atomic E-state index is 0.00179. The maximum atomic E-state index is 11.6. The summed E-state index contributed by atoms with van der Waals surface area (Å²) in [6, 6.07) is 9.95. The number of rotatable bonds is 3. The minimum Gasteiger partial charge on any atom is -0.493 e. The molecule has 0 bridgehead atoms. The van der Waals surface area contributed by atoms with Crippen LogP contribution in [-0.4, -0.2) is 14.2 Å². The van der Waals surface area contributed by atoms with Gasteiger partial charge in [-0.05, 0) is 12.0 Å². The Morgan fingerprint density at radius 1 is 1.25 bits per heavy atom. The lowest BCUT2D eigenvalue weighted by Crippen LogP contribution is -2.22. The molecule has 16 heavy (non-hydrogen) atoms. The van der Waals surface area contributed by atoms with Crippen LogP contribution in [-0.2, 0) is 20.0 Å². The molecule has 1 heterocycles. The van der Waals surface area contributed by atoms with E-state index in [0.29, 0.717) is 6.54 Å². The highest BCUT2D eigenvalue weighted by Crippen LogP contribution is 2.05. The zero-order valence-corrected chi connectivity index (χ0v) is 9.13. The summed E-state index contributed by atoms with van der Waals surface area (Å²) in [5, 5.41) is 9.36. The second-order valence-electron chi connectivity index (χ2n) is 3.76. The fourth-order valence-electron chi connectivity index (χ4n) is 1.63. The molecule has 1 aromatic heterocycles. The van der Waals surface area contributed by atoms with Gasteiger partial charge in [-0.15, -0.1) is 0 Å². The molecule has 2 rings (SSSR count). The van der Waals surface area contributed by atoms with Gasteiger partial charge in [0, 0.05) is 13.6 Å². The van der Waals surface area contributed by atoms with Crippen LogP contribution in [0.3, 0.4) is 0 Å². The van der Waals surface area contributed by atoms with E-state index in [4.69, 9.17) is 0 Å². The molecule has 0 spiro atoms. The Labute approximate surface area is 93.4 Å². The van der Waals surface area contributed by atoms with Crippen molar-refractivity contribution in [1.29, 1.82) is 0 Å².